The van der Waals surface area contributed by atoms with Crippen LogP contribution in [0.3, 0.4) is 0 Å². The molecule has 1 saturated heterocycles. The van der Waals surface area contributed by atoms with Crippen LogP contribution in [0.5, 0.6) is 0 Å². The lowest BCUT2D eigenvalue weighted by atomic mass is 9.89. The molecule has 1 aliphatic rings. The topological polar surface area (TPSA) is 92.9 Å². The van der Waals surface area contributed by atoms with Crippen molar-refractivity contribution in [2.45, 2.75) is 18.4 Å². The minimum Gasteiger partial charge on any atom is -0.478 e. The Hall–Kier alpha value is -1.92. The number of likely N-dealkylation sites (N-methyl/N-ethyl adjacent to an activating group) is 1. The molecule has 1 aliphatic heterocycles. The Balaban J connectivity index is 2.15. The van der Waals surface area contributed by atoms with Gasteiger partial charge in [0.2, 0.25) is 5.91 Å². The molecule has 0 bridgehead atoms. The van der Waals surface area contributed by atoms with Crippen LogP contribution in [0.25, 0.3) is 0 Å². The summed E-state index contributed by atoms with van der Waals surface area (Å²) in [7, 11) is 1.64. The number of nitrogens with zero attached hydrogens (tertiary/aromatic N) is 1. The lowest BCUT2D eigenvalue weighted by Gasteiger charge is -2.35. The second-order valence-electron chi connectivity index (χ2n) is 4.98. The van der Waals surface area contributed by atoms with Gasteiger partial charge in [-0.2, -0.15) is 0 Å². The van der Waals surface area contributed by atoms with E-state index in [1.807, 2.05) is 0 Å². The average molecular weight is 278 g/mol. The van der Waals surface area contributed by atoms with Crippen LogP contribution in [0.1, 0.15) is 23.2 Å². The Bertz CT molecular complexity index is 506. The highest BCUT2D eigenvalue weighted by Gasteiger charge is 2.38. The molecule has 1 aromatic carbocycles. The van der Waals surface area contributed by atoms with Gasteiger partial charge < -0.3 is 20.5 Å². The molecule has 1 heterocycles. The van der Waals surface area contributed by atoms with Crippen molar-refractivity contribution in [2.75, 3.05) is 25.2 Å². The zero-order chi connectivity index (χ0) is 14.8. The van der Waals surface area contributed by atoms with E-state index in [2.05, 4.69) is 0 Å². The lowest BCUT2D eigenvalue weighted by Crippen LogP contribution is -2.57. The Morgan fingerprint density at radius 3 is 2.30 bits per heavy atom. The number of amides is 1. The van der Waals surface area contributed by atoms with E-state index in [-0.39, 0.29) is 11.5 Å². The van der Waals surface area contributed by atoms with Crippen LogP contribution in [0.15, 0.2) is 24.3 Å². The van der Waals surface area contributed by atoms with E-state index < -0.39 is 11.5 Å². The van der Waals surface area contributed by atoms with E-state index in [4.69, 9.17) is 15.6 Å². The number of hydrogen-bond donors (Lipinski definition) is 2. The summed E-state index contributed by atoms with van der Waals surface area (Å²) >= 11 is 0. The number of ether oxygens (including phenoxy) is 1. The van der Waals surface area contributed by atoms with Crippen LogP contribution in [-0.2, 0) is 9.53 Å². The van der Waals surface area contributed by atoms with Crippen LogP contribution in [0.4, 0.5) is 5.69 Å². The molecule has 1 fully saturated rings. The van der Waals surface area contributed by atoms with E-state index in [9.17, 15) is 9.59 Å². The highest BCUT2D eigenvalue weighted by Crippen LogP contribution is 2.23. The lowest BCUT2D eigenvalue weighted by molar-refractivity contribution is -0.126. The number of hydrogen-bond acceptors (Lipinski definition) is 4. The van der Waals surface area contributed by atoms with Gasteiger partial charge in [-0.25, -0.2) is 4.79 Å². The second-order valence-corrected chi connectivity index (χ2v) is 4.98. The molecule has 0 aliphatic carbocycles. The second kappa shape index (κ2) is 5.60. The summed E-state index contributed by atoms with van der Waals surface area (Å²) in [6.45, 7) is 0.960. The summed E-state index contributed by atoms with van der Waals surface area (Å²) in [6, 6.07) is 6.14. The van der Waals surface area contributed by atoms with Crippen molar-refractivity contribution in [3.05, 3.63) is 29.8 Å². The van der Waals surface area contributed by atoms with Gasteiger partial charge in [0.25, 0.3) is 0 Å². The van der Waals surface area contributed by atoms with E-state index in [1.165, 1.54) is 17.0 Å². The van der Waals surface area contributed by atoms with Crippen molar-refractivity contribution in [3.8, 4) is 0 Å². The molecule has 3 N–H and O–H groups in total. The maximum Gasteiger partial charge on any atom is 0.335 e. The zero-order valence-electron chi connectivity index (χ0n) is 11.3. The molecule has 0 spiro atoms. The number of carbonyl (C=O) groups excluding carboxylic acids is 1. The van der Waals surface area contributed by atoms with Gasteiger partial charge in [0.15, 0.2) is 0 Å². The monoisotopic (exact) mass is 278 g/mol. The molecule has 0 aromatic heterocycles. The summed E-state index contributed by atoms with van der Waals surface area (Å²) in [5.74, 6) is -1.17. The smallest absolute Gasteiger partial charge is 0.335 e. The van der Waals surface area contributed by atoms with Crippen LogP contribution < -0.4 is 10.6 Å². The van der Waals surface area contributed by atoms with Gasteiger partial charge in [0.05, 0.1) is 5.56 Å². The standard InChI is InChI=1S/C14H18N2O4/c1-16(11-4-2-10(3-5-11)12(17)18)13(19)14(15)6-8-20-9-7-14/h2-5H,6-9,15H2,1H3,(H,17,18). The molecule has 6 heteroatoms. The van der Waals surface area contributed by atoms with Gasteiger partial charge in [0, 0.05) is 25.9 Å². The van der Waals surface area contributed by atoms with Crippen molar-refractivity contribution in [3.63, 3.8) is 0 Å². The van der Waals surface area contributed by atoms with E-state index in [0.29, 0.717) is 31.7 Å². The van der Waals surface area contributed by atoms with Gasteiger partial charge in [-0.3, -0.25) is 4.79 Å². The third-order valence-corrected chi connectivity index (χ3v) is 3.62. The number of benzene rings is 1. The van der Waals surface area contributed by atoms with Gasteiger partial charge in [-0.15, -0.1) is 0 Å². The Morgan fingerprint density at radius 2 is 1.80 bits per heavy atom. The molecule has 0 atom stereocenters. The molecule has 0 unspecified atom stereocenters. The van der Waals surface area contributed by atoms with Crippen molar-refractivity contribution in [1.82, 2.24) is 0 Å². The zero-order valence-corrected chi connectivity index (χ0v) is 11.3. The highest BCUT2D eigenvalue weighted by atomic mass is 16.5. The number of anilines is 1. The van der Waals surface area contributed by atoms with Crippen molar-refractivity contribution in [2.24, 2.45) is 5.73 Å². The maximum atomic E-state index is 12.5. The summed E-state index contributed by atoms with van der Waals surface area (Å²) in [4.78, 5) is 24.7. The fourth-order valence-corrected chi connectivity index (χ4v) is 2.23. The van der Waals surface area contributed by atoms with Crippen molar-refractivity contribution < 1.29 is 19.4 Å². The van der Waals surface area contributed by atoms with Crippen LogP contribution in [-0.4, -0.2) is 42.8 Å². The minimum atomic E-state index is -0.995. The molecular weight excluding hydrogens is 260 g/mol. The molecule has 20 heavy (non-hydrogen) atoms. The fraction of sp³-hybridized carbons (Fsp3) is 0.429. The first-order valence-electron chi connectivity index (χ1n) is 6.42. The highest BCUT2D eigenvalue weighted by molar-refractivity contribution is 6.00. The summed E-state index contributed by atoms with van der Waals surface area (Å²) < 4.78 is 5.23. The summed E-state index contributed by atoms with van der Waals surface area (Å²) in [5, 5.41) is 8.85. The van der Waals surface area contributed by atoms with E-state index in [0.717, 1.165) is 0 Å². The molecule has 108 valence electrons. The first kappa shape index (κ1) is 14.5. The molecule has 2 rings (SSSR count). The van der Waals surface area contributed by atoms with E-state index in [1.54, 1.807) is 19.2 Å². The SMILES string of the molecule is CN(C(=O)C1(N)CCOCC1)c1ccc(C(=O)O)cc1. The molecule has 1 amide bonds. The average Bonchev–Trinajstić information content (AvgIpc) is 2.46. The fourth-order valence-electron chi connectivity index (χ4n) is 2.23. The maximum absolute atomic E-state index is 12.5. The predicted molar refractivity (Wildman–Crippen MR) is 73.8 cm³/mol. The normalized spacial score (nSPS) is 17.5. The van der Waals surface area contributed by atoms with Gasteiger partial charge in [-0.05, 0) is 37.1 Å². The number of aromatic carboxylic acids is 1. The van der Waals surface area contributed by atoms with Crippen LogP contribution >= 0.6 is 0 Å². The Kier molecular flexibility index (Phi) is 4.06. The number of nitrogens with two attached hydrogens (primary N) is 1. The summed E-state index contributed by atoms with van der Waals surface area (Å²) in [6.07, 6.45) is 0.979. The van der Waals surface area contributed by atoms with Crippen molar-refractivity contribution >= 4 is 17.6 Å². The third kappa shape index (κ3) is 2.81. The number of carboxylic acids is 1. The number of carbonyl (C=O) groups is 2. The molecular formula is C14H18N2O4. The van der Waals surface area contributed by atoms with Crippen molar-refractivity contribution in [1.29, 1.82) is 0 Å². The van der Waals surface area contributed by atoms with E-state index >= 15 is 0 Å². The van der Waals surface area contributed by atoms with Crippen LogP contribution in [0.2, 0.25) is 0 Å². The van der Waals surface area contributed by atoms with Gasteiger partial charge >= 0.3 is 5.97 Å². The number of rotatable bonds is 3. The van der Waals surface area contributed by atoms with Gasteiger partial charge in [0.1, 0.15) is 5.54 Å². The van der Waals surface area contributed by atoms with Crippen LogP contribution in [0, 0.1) is 0 Å². The Morgan fingerprint density at radius 1 is 1.25 bits per heavy atom. The first-order chi connectivity index (χ1) is 9.44. The molecule has 0 saturated carbocycles. The van der Waals surface area contributed by atoms with Gasteiger partial charge in [-0.1, -0.05) is 0 Å². The number of carboxylic acid groups (broad SMARTS) is 1. The molecule has 0 radical (unpaired) electrons. The minimum absolute atomic E-state index is 0.177. The predicted octanol–water partition coefficient (Wildman–Crippen LogP) is 0.855. The third-order valence-electron chi connectivity index (χ3n) is 3.62. The Labute approximate surface area is 117 Å². The first-order valence-corrected chi connectivity index (χ1v) is 6.42. The molecule has 1 aromatic rings. The largest absolute Gasteiger partial charge is 0.478 e. The summed E-state index contributed by atoms with van der Waals surface area (Å²) in [5.41, 5.74) is 6.05. The quantitative estimate of drug-likeness (QED) is 0.855. The molecule has 6 nitrogen and oxygen atoms in total.